The molecule has 0 aromatic heterocycles. The van der Waals surface area contributed by atoms with Crippen LogP contribution in [0.3, 0.4) is 0 Å². The van der Waals surface area contributed by atoms with Crippen LogP contribution in [-0.4, -0.2) is 83.1 Å². The Balaban J connectivity index is 1.88. The van der Waals surface area contributed by atoms with E-state index in [0.717, 1.165) is 32.1 Å². The summed E-state index contributed by atoms with van der Waals surface area (Å²) in [5, 5.41) is 11.6. The van der Waals surface area contributed by atoms with Gasteiger partial charge in [-0.3, -0.25) is 9.59 Å². The van der Waals surface area contributed by atoms with Gasteiger partial charge in [-0.1, -0.05) is 64.2 Å². The Morgan fingerprint density at radius 1 is 0.829 bits per heavy atom. The molecule has 1 aliphatic rings. The first-order valence-corrected chi connectivity index (χ1v) is 13.5. The van der Waals surface area contributed by atoms with Gasteiger partial charge in [-0.2, -0.15) is 0 Å². The Morgan fingerprint density at radius 2 is 1.37 bits per heavy atom. The van der Waals surface area contributed by atoms with Crippen LogP contribution in [0.5, 0.6) is 0 Å². The Hall–Kier alpha value is -1.16. The van der Waals surface area contributed by atoms with Crippen LogP contribution in [0.15, 0.2) is 0 Å². The summed E-state index contributed by atoms with van der Waals surface area (Å²) in [6.07, 6.45) is 14.4. The molecule has 0 aromatic rings. The van der Waals surface area contributed by atoms with E-state index >= 15 is 0 Å². The van der Waals surface area contributed by atoms with Gasteiger partial charge in [0, 0.05) is 46.2 Å². The number of carbonyl (C=O) groups is 2. The molecule has 0 aliphatic carbocycles. The minimum atomic E-state index is -0.689. The smallest absolute Gasteiger partial charge is 0.303 e. The fourth-order valence-corrected chi connectivity index (χ4v) is 4.47. The van der Waals surface area contributed by atoms with Gasteiger partial charge < -0.3 is 29.4 Å². The van der Waals surface area contributed by atoms with Gasteiger partial charge in [0.05, 0.1) is 6.61 Å². The third kappa shape index (κ3) is 15.5. The Kier molecular flexibility index (Phi) is 19.1. The molecule has 1 fully saturated rings. The van der Waals surface area contributed by atoms with E-state index < -0.39 is 12.0 Å². The number of ether oxygens (including phenoxy) is 4. The van der Waals surface area contributed by atoms with E-state index in [-0.39, 0.29) is 24.2 Å². The standard InChI is InChI=1S/C26H48BNO7/c1-32-20-21-24(33-2)25(26(27)35-21)34-19-15-18-28-22(29)16-13-11-9-7-5-3-4-6-8-10-12-14-17-23(30)31/h21,24-26H,3-20H2,1-2H3,(H,28,29)(H,30,31)/t21-,24?,25+,26-/m1/s1. The highest BCUT2D eigenvalue weighted by Gasteiger charge is 2.42. The zero-order chi connectivity index (χ0) is 25.7. The molecule has 1 heterocycles. The van der Waals surface area contributed by atoms with Crippen molar-refractivity contribution in [1.29, 1.82) is 0 Å². The van der Waals surface area contributed by atoms with Gasteiger partial charge in [0.15, 0.2) is 0 Å². The van der Waals surface area contributed by atoms with Gasteiger partial charge in [0.1, 0.15) is 26.2 Å². The molecule has 2 N–H and O–H groups in total. The highest BCUT2D eigenvalue weighted by molar-refractivity contribution is 6.11. The van der Waals surface area contributed by atoms with E-state index in [2.05, 4.69) is 5.32 Å². The average Bonchev–Trinajstić information content (AvgIpc) is 3.12. The third-order valence-corrected chi connectivity index (χ3v) is 6.45. The molecule has 0 aromatic carbocycles. The number of aliphatic carboxylic acids is 1. The van der Waals surface area contributed by atoms with Crippen molar-refractivity contribution in [3.63, 3.8) is 0 Å². The largest absolute Gasteiger partial charge is 0.481 e. The Bertz CT molecular complexity index is 552. The second kappa shape index (κ2) is 21.0. The molecule has 1 saturated heterocycles. The van der Waals surface area contributed by atoms with Crippen molar-refractivity contribution < 1.29 is 33.6 Å². The first-order valence-electron chi connectivity index (χ1n) is 13.5. The quantitative estimate of drug-likeness (QED) is 0.163. The second-order valence-electron chi connectivity index (χ2n) is 9.47. The lowest BCUT2D eigenvalue weighted by Crippen LogP contribution is -2.39. The normalized spacial score (nSPS) is 21.9. The molecule has 202 valence electrons. The number of hydrogen-bond acceptors (Lipinski definition) is 6. The Labute approximate surface area is 213 Å². The van der Waals surface area contributed by atoms with Crippen LogP contribution < -0.4 is 5.32 Å². The predicted octanol–water partition coefficient (Wildman–Crippen LogP) is 3.98. The van der Waals surface area contributed by atoms with E-state index in [1.807, 2.05) is 0 Å². The van der Waals surface area contributed by atoms with Crippen LogP contribution in [0.25, 0.3) is 0 Å². The van der Waals surface area contributed by atoms with Crippen molar-refractivity contribution >= 4 is 19.7 Å². The number of carboxylic acid groups (broad SMARTS) is 1. The first kappa shape index (κ1) is 31.9. The zero-order valence-electron chi connectivity index (χ0n) is 22.0. The zero-order valence-corrected chi connectivity index (χ0v) is 22.0. The number of nitrogens with one attached hydrogen (secondary N) is 1. The molecule has 0 spiro atoms. The summed E-state index contributed by atoms with van der Waals surface area (Å²) in [5.74, 6) is -0.588. The summed E-state index contributed by atoms with van der Waals surface area (Å²) in [4.78, 5) is 22.5. The number of unbranched alkanes of at least 4 members (excludes halogenated alkanes) is 11. The highest BCUT2D eigenvalue weighted by Crippen LogP contribution is 2.25. The number of carboxylic acids is 1. The van der Waals surface area contributed by atoms with Crippen LogP contribution in [0.1, 0.15) is 96.3 Å². The maximum Gasteiger partial charge on any atom is 0.303 e. The monoisotopic (exact) mass is 497 g/mol. The van der Waals surface area contributed by atoms with Gasteiger partial charge in [-0.15, -0.1) is 0 Å². The molecule has 35 heavy (non-hydrogen) atoms. The summed E-state index contributed by atoms with van der Waals surface area (Å²) in [6, 6.07) is -0.545. The first-order chi connectivity index (χ1) is 17.0. The third-order valence-electron chi connectivity index (χ3n) is 6.45. The molecule has 0 saturated carbocycles. The van der Waals surface area contributed by atoms with Gasteiger partial charge >= 0.3 is 5.97 Å². The number of methoxy groups -OCH3 is 2. The molecule has 0 bridgehead atoms. The summed E-state index contributed by atoms with van der Waals surface area (Å²) >= 11 is 0. The van der Waals surface area contributed by atoms with Crippen molar-refractivity contribution in [3.05, 3.63) is 0 Å². The van der Waals surface area contributed by atoms with Gasteiger partial charge in [-0.25, -0.2) is 0 Å². The minimum Gasteiger partial charge on any atom is -0.481 e. The molecule has 9 heteroatoms. The molecule has 4 atom stereocenters. The molecule has 1 aliphatic heterocycles. The number of carbonyl (C=O) groups excluding carboxylic acids is 1. The van der Waals surface area contributed by atoms with Crippen LogP contribution in [-0.2, 0) is 28.5 Å². The van der Waals surface area contributed by atoms with Crippen molar-refractivity contribution in [2.24, 2.45) is 0 Å². The Morgan fingerprint density at radius 3 is 1.89 bits per heavy atom. The van der Waals surface area contributed by atoms with Crippen molar-refractivity contribution in [1.82, 2.24) is 5.32 Å². The van der Waals surface area contributed by atoms with Crippen molar-refractivity contribution in [2.45, 2.75) is 121 Å². The maximum absolute atomic E-state index is 12.0. The lowest BCUT2D eigenvalue weighted by atomic mass is 9.93. The number of amides is 1. The minimum absolute atomic E-state index is 0.101. The van der Waals surface area contributed by atoms with E-state index in [4.69, 9.17) is 31.9 Å². The maximum atomic E-state index is 12.0. The number of hydrogen-bond donors (Lipinski definition) is 2. The molecule has 2 radical (unpaired) electrons. The predicted molar refractivity (Wildman–Crippen MR) is 137 cm³/mol. The molecule has 1 rings (SSSR count). The summed E-state index contributed by atoms with van der Waals surface area (Å²) in [5.41, 5.74) is 0. The van der Waals surface area contributed by atoms with E-state index in [9.17, 15) is 9.59 Å². The lowest BCUT2D eigenvalue weighted by Gasteiger charge is -2.22. The highest BCUT2D eigenvalue weighted by atomic mass is 16.6. The van der Waals surface area contributed by atoms with Gasteiger partial charge in [0.2, 0.25) is 5.91 Å². The average molecular weight is 497 g/mol. The number of rotatable bonds is 23. The van der Waals surface area contributed by atoms with Gasteiger partial charge in [-0.05, 0) is 19.3 Å². The fourth-order valence-electron chi connectivity index (χ4n) is 4.47. The second-order valence-corrected chi connectivity index (χ2v) is 9.47. The van der Waals surface area contributed by atoms with E-state index in [0.29, 0.717) is 39.0 Å². The van der Waals surface area contributed by atoms with Crippen molar-refractivity contribution in [3.8, 4) is 0 Å². The molecular weight excluding hydrogens is 449 g/mol. The fraction of sp³-hybridized carbons (Fsp3) is 0.923. The van der Waals surface area contributed by atoms with Crippen LogP contribution in [0, 0.1) is 0 Å². The summed E-state index contributed by atoms with van der Waals surface area (Å²) in [6.45, 7) is 1.47. The van der Waals surface area contributed by atoms with E-state index in [1.54, 1.807) is 14.2 Å². The molecule has 1 amide bonds. The van der Waals surface area contributed by atoms with E-state index in [1.165, 1.54) is 44.9 Å². The van der Waals surface area contributed by atoms with Crippen LogP contribution in [0.4, 0.5) is 0 Å². The van der Waals surface area contributed by atoms with Crippen molar-refractivity contribution in [2.75, 3.05) is 34.0 Å². The van der Waals surface area contributed by atoms with Crippen LogP contribution >= 0.6 is 0 Å². The topological polar surface area (TPSA) is 103 Å². The van der Waals surface area contributed by atoms with Crippen LogP contribution in [0.2, 0.25) is 0 Å². The molecule has 8 nitrogen and oxygen atoms in total. The lowest BCUT2D eigenvalue weighted by molar-refractivity contribution is -0.137. The summed E-state index contributed by atoms with van der Waals surface area (Å²) < 4.78 is 22.1. The van der Waals surface area contributed by atoms with Gasteiger partial charge in [0.25, 0.3) is 0 Å². The molecular formula is C26H48BNO7. The SMILES string of the molecule is [B][C@@H]1O[C@H](COC)C(OC)[C@@H]1OCCCNC(=O)CCCCCCCCCCCCCCC(=O)O. The molecule has 1 unspecified atom stereocenters. The summed E-state index contributed by atoms with van der Waals surface area (Å²) in [7, 11) is 9.23.